The molecule has 0 saturated heterocycles. The second-order valence-electron chi connectivity index (χ2n) is 4.16. The molecule has 0 saturated carbocycles. The van der Waals surface area contributed by atoms with E-state index in [9.17, 15) is 9.59 Å². The van der Waals surface area contributed by atoms with E-state index in [-0.39, 0.29) is 17.0 Å². The molecule has 1 amide bonds. The lowest BCUT2D eigenvalue weighted by molar-refractivity contribution is 0.0951. The molecule has 5 heteroatoms. The van der Waals surface area contributed by atoms with Crippen molar-refractivity contribution in [3.63, 3.8) is 0 Å². The largest absolute Gasteiger partial charge is 0.352 e. The van der Waals surface area contributed by atoms with Gasteiger partial charge >= 0.3 is 0 Å². The van der Waals surface area contributed by atoms with Gasteiger partial charge in [0.25, 0.3) is 11.5 Å². The lowest BCUT2D eigenvalue weighted by Gasteiger charge is -2.06. The van der Waals surface area contributed by atoms with Crippen LogP contribution in [0.1, 0.15) is 49.2 Å². The molecule has 0 fully saturated rings. The van der Waals surface area contributed by atoms with Crippen molar-refractivity contribution in [2.45, 2.75) is 39.5 Å². The molecule has 0 atom stereocenters. The Kier molecular flexibility index (Phi) is 6.12. The molecule has 2 N–H and O–H groups in total. The molecule has 1 aromatic heterocycles. The molecule has 0 spiro atoms. The number of unbranched alkanes of at least 4 members (excludes halogenated alkanes) is 2. The normalized spacial score (nSPS) is 10.4. The molecule has 0 bridgehead atoms. The van der Waals surface area contributed by atoms with E-state index in [1.54, 1.807) is 6.07 Å². The summed E-state index contributed by atoms with van der Waals surface area (Å²) in [6.45, 7) is 4.66. The average Bonchev–Trinajstić information content (AvgIpc) is 2.36. The Morgan fingerprint density at radius 2 is 2.11 bits per heavy atom. The van der Waals surface area contributed by atoms with Gasteiger partial charge in [-0.25, -0.2) is 0 Å². The third-order valence-corrected chi connectivity index (χ3v) is 3.44. The maximum absolute atomic E-state index is 11.8. The van der Waals surface area contributed by atoms with Gasteiger partial charge in [-0.2, -0.15) is 0 Å². The number of nitrogens with one attached hydrogen (secondary N) is 2. The monoisotopic (exact) mass is 314 g/mol. The van der Waals surface area contributed by atoms with Gasteiger partial charge in [-0.05, 0) is 34.8 Å². The van der Waals surface area contributed by atoms with Gasteiger partial charge in [0.15, 0.2) is 0 Å². The number of amides is 1. The number of pyridine rings is 1. The minimum absolute atomic E-state index is 0.163. The van der Waals surface area contributed by atoms with Crippen LogP contribution in [0.4, 0.5) is 0 Å². The van der Waals surface area contributed by atoms with Crippen LogP contribution in [-0.4, -0.2) is 17.4 Å². The van der Waals surface area contributed by atoms with E-state index in [1.165, 1.54) is 0 Å². The number of hydrogen-bond acceptors (Lipinski definition) is 2. The molecule has 0 radical (unpaired) electrons. The molecule has 1 rings (SSSR count). The van der Waals surface area contributed by atoms with Crippen LogP contribution in [0.2, 0.25) is 0 Å². The SMILES string of the molecule is CCCCCNC(=O)c1cc(Br)c(CC)[nH]c1=O. The Hall–Kier alpha value is -1.10. The minimum Gasteiger partial charge on any atom is -0.352 e. The van der Waals surface area contributed by atoms with Crippen LogP contribution in [0.15, 0.2) is 15.3 Å². The van der Waals surface area contributed by atoms with E-state index in [1.807, 2.05) is 6.92 Å². The van der Waals surface area contributed by atoms with Gasteiger partial charge in [-0.15, -0.1) is 0 Å². The van der Waals surface area contributed by atoms with Crippen LogP contribution < -0.4 is 10.9 Å². The number of H-pyrrole nitrogens is 1. The van der Waals surface area contributed by atoms with Crippen LogP contribution in [0.5, 0.6) is 0 Å². The maximum Gasteiger partial charge on any atom is 0.261 e. The molecule has 0 unspecified atom stereocenters. The zero-order chi connectivity index (χ0) is 13.5. The molecule has 1 heterocycles. The second-order valence-corrected chi connectivity index (χ2v) is 5.01. The van der Waals surface area contributed by atoms with Crippen molar-refractivity contribution in [2.24, 2.45) is 0 Å². The zero-order valence-electron chi connectivity index (χ0n) is 10.8. The molecule has 0 aliphatic heterocycles. The third kappa shape index (κ3) is 3.98. The first-order valence-corrected chi connectivity index (χ1v) is 7.09. The van der Waals surface area contributed by atoms with Crippen LogP contribution in [-0.2, 0) is 6.42 Å². The summed E-state index contributed by atoms with van der Waals surface area (Å²) in [5.74, 6) is -0.310. The first-order valence-electron chi connectivity index (χ1n) is 6.30. The lowest BCUT2D eigenvalue weighted by atomic mass is 10.2. The van der Waals surface area contributed by atoms with Crippen molar-refractivity contribution in [3.8, 4) is 0 Å². The van der Waals surface area contributed by atoms with Crippen molar-refractivity contribution < 1.29 is 4.79 Å². The predicted molar refractivity (Wildman–Crippen MR) is 76.0 cm³/mol. The highest BCUT2D eigenvalue weighted by Crippen LogP contribution is 2.14. The molecule has 100 valence electrons. The number of halogens is 1. The highest BCUT2D eigenvalue weighted by atomic mass is 79.9. The Morgan fingerprint density at radius 3 is 2.72 bits per heavy atom. The van der Waals surface area contributed by atoms with Crippen molar-refractivity contribution in [1.29, 1.82) is 0 Å². The summed E-state index contributed by atoms with van der Waals surface area (Å²) in [4.78, 5) is 26.3. The molecule has 18 heavy (non-hydrogen) atoms. The fraction of sp³-hybridized carbons (Fsp3) is 0.538. The fourth-order valence-corrected chi connectivity index (χ4v) is 2.25. The van der Waals surface area contributed by atoms with Crippen molar-refractivity contribution >= 4 is 21.8 Å². The number of hydrogen-bond donors (Lipinski definition) is 2. The summed E-state index contributed by atoms with van der Waals surface area (Å²) in [6.07, 6.45) is 3.84. The lowest BCUT2D eigenvalue weighted by Crippen LogP contribution is -2.30. The van der Waals surface area contributed by atoms with E-state index < -0.39 is 0 Å². The molecule has 0 aliphatic rings. The standard InChI is InChI=1S/C13H19BrN2O2/c1-3-5-6-7-15-12(17)9-8-10(14)11(4-2)16-13(9)18/h8H,3-7H2,1-2H3,(H,15,17)(H,16,18). The summed E-state index contributed by atoms with van der Waals surface area (Å²) >= 11 is 3.35. The van der Waals surface area contributed by atoms with Crippen LogP contribution in [0, 0.1) is 0 Å². The summed E-state index contributed by atoms with van der Waals surface area (Å²) in [7, 11) is 0. The molecule has 0 aliphatic carbocycles. The van der Waals surface area contributed by atoms with Gasteiger partial charge in [-0.1, -0.05) is 26.7 Å². The molecule has 4 nitrogen and oxygen atoms in total. The van der Waals surface area contributed by atoms with Crippen molar-refractivity contribution in [1.82, 2.24) is 10.3 Å². The van der Waals surface area contributed by atoms with Crippen molar-refractivity contribution in [3.05, 3.63) is 32.2 Å². The Balaban J connectivity index is 2.74. The quantitative estimate of drug-likeness (QED) is 0.793. The summed E-state index contributed by atoms with van der Waals surface area (Å²) in [5.41, 5.74) is 0.640. The summed E-state index contributed by atoms with van der Waals surface area (Å²) in [6, 6.07) is 1.59. The molecule has 1 aromatic rings. The van der Waals surface area contributed by atoms with E-state index >= 15 is 0 Å². The number of carbonyl (C=O) groups excluding carboxylic acids is 1. The van der Waals surface area contributed by atoms with Crippen LogP contribution in [0.25, 0.3) is 0 Å². The second kappa shape index (κ2) is 7.36. The Labute approximate surface area is 115 Å². The van der Waals surface area contributed by atoms with E-state index in [4.69, 9.17) is 0 Å². The van der Waals surface area contributed by atoms with E-state index in [0.717, 1.165) is 29.4 Å². The number of aryl methyl sites for hydroxylation is 1. The van der Waals surface area contributed by atoms with Gasteiger partial charge in [0.05, 0.1) is 0 Å². The van der Waals surface area contributed by atoms with Crippen LogP contribution >= 0.6 is 15.9 Å². The maximum atomic E-state index is 11.8. The summed E-state index contributed by atoms with van der Waals surface area (Å²) in [5, 5.41) is 2.76. The zero-order valence-corrected chi connectivity index (χ0v) is 12.4. The van der Waals surface area contributed by atoms with E-state index in [0.29, 0.717) is 13.0 Å². The predicted octanol–water partition coefficient (Wildman–Crippen LogP) is 2.62. The first-order chi connectivity index (χ1) is 8.60. The molecular weight excluding hydrogens is 296 g/mol. The average molecular weight is 315 g/mol. The number of carbonyl (C=O) groups is 1. The van der Waals surface area contributed by atoms with Gasteiger partial charge in [0, 0.05) is 16.7 Å². The van der Waals surface area contributed by atoms with Gasteiger partial charge in [0.2, 0.25) is 0 Å². The Bertz CT molecular complexity index is 469. The summed E-state index contributed by atoms with van der Waals surface area (Å²) < 4.78 is 0.767. The number of aromatic amines is 1. The van der Waals surface area contributed by atoms with Gasteiger partial charge < -0.3 is 10.3 Å². The van der Waals surface area contributed by atoms with Crippen molar-refractivity contribution in [2.75, 3.05) is 6.54 Å². The highest BCUT2D eigenvalue weighted by molar-refractivity contribution is 9.10. The fourth-order valence-electron chi connectivity index (χ4n) is 1.64. The number of aromatic nitrogens is 1. The highest BCUT2D eigenvalue weighted by Gasteiger charge is 2.12. The third-order valence-electron chi connectivity index (χ3n) is 2.73. The molecule has 0 aromatic carbocycles. The minimum atomic E-state index is -0.331. The molecular formula is C13H19BrN2O2. The van der Waals surface area contributed by atoms with E-state index in [2.05, 4.69) is 33.2 Å². The Morgan fingerprint density at radius 1 is 1.39 bits per heavy atom. The first kappa shape index (κ1) is 15.0. The van der Waals surface area contributed by atoms with Crippen LogP contribution in [0.3, 0.4) is 0 Å². The smallest absolute Gasteiger partial charge is 0.261 e. The number of rotatable bonds is 6. The van der Waals surface area contributed by atoms with Gasteiger partial charge in [-0.3, -0.25) is 9.59 Å². The topological polar surface area (TPSA) is 62.0 Å². The van der Waals surface area contributed by atoms with Gasteiger partial charge in [0.1, 0.15) is 5.56 Å².